The highest BCUT2D eigenvalue weighted by atomic mass is 16.3. The first-order valence-corrected chi connectivity index (χ1v) is 7.43. The van der Waals surface area contributed by atoms with Crippen LogP contribution in [0.3, 0.4) is 0 Å². The number of rotatable bonds is 5. The number of hydrogen-bond acceptors (Lipinski definition) is 6. The largest absolute Gasteiger partial charge is 0.396 e. The fourth-order valence-corrected chi connectivity index (χ4v) is 2.92. The number of hydrogen-bond donors (Lipinski definition) is 2. The number of aliphatic hydroxyl groups is 1. The van der Waals surface area contributed by atoms with Crippen molar-refractivity contribution in [2.75, 3.05) is 43.4 Å². The van der Waals surface area contributed by atoms with Gasteiger partial charge in [0.25, 0.3) is 0 Å². The van der Waals surface area contributed by atoms with Crippen LogP contribution in [0.2, 0.25) is 0 Å². The third-order valence-corrected chi connectivity index (χ3v) is 4.22. The van der Waals surface area contributed by atoms with Gasteiger partial charge >= 0.3 is 0 Å². The van der Waals surface area contributed by atoms with Crippen LogP contribution in [0.5, 0.6) is 0 Å². The van der Waals surface area contributed by atoms with Crippen LogP contribution in [0.1, 0.15) is 19.3 Å². The zero-order valence-corrected chi connectivity index (χ0v) is 11.8. The molecule has 1 aromatic heterocycles. The molecule has 1 saturated heterocycles. The monoisotopic (exact) mass is 277 g/mol. The van der Waals surface area contributed by atoms with Crippen LogP contribution < -0.4 is 10.6 Å². The van der Waals surface area contributed by atoms with Crippen LogP contribution >= 0.6 is 0 Å². The Morgan fingerprint density at radius 3 is 2.85 bits per heavy atom. The van der Waals surface area contributed by atoms with E-state index in [0.29, 0.717) is 11.9 Å². The van der Waals surface area contributed by atoms with E-state index in [1.54, 1.807) is 12.4 Å². The number of aromatic nitrogens is 2. The van der Waals surface area contributed by atoms with Crippen molar-refractivity contribution in [2.45, 2.75) is 25.3 Å². The Kier molecular flexibility index (Phi) is 4.03. The molecule has 2 aliphatic rings. The van der Waals surface area contributed by atoms with Crippen molar-refractivity contribution >= 4 is 11.6 Å². The topological polar surface area (TPSA) is 78.5 Å². The SMILES string of the molecule is Nc1cncc(N2CCN(CC3CC3)C(CCO)C2)n1. The van der Waals surface area contributed by atoms with Gasteiger partial charge in [0.2, 0.25) is 0 Å². The lowest BCUT2D eigenvalue weighted by Gasteiger charge is -2.42. The molecule has 6 heteroatoms. The van der Waals surface area contributed by atoms with Crippen molar-refractivity contribution in [2.24, 2.45) is 5.92 Å². The van der Waals surface area contributed by atoms with Gasteiger partial charge in [-0.2, -0.15) is 0 Å². The van der Waals surface area contributed by atoms with E-state index in [1.807, 2.05) is 0 Å². The molecular weight excluding hydrogens is 254 g/mol. The molecule has 0 amide bonds. The minimum absolute atomic E-state index is 0.238. The molecule has 110 valence electrons. The minimum atomic E-state index is 0.238. The lowest BCUT2D eigenvalue weighted by atomic mass is 10.1. The van der Waals surface area contributed by atoms with Gasteiger partial charge in [-0.25, -0.2) is 4.98 Å². The van der Waals surface area contributed by atoms with E-state index in [0.717, 1.165) is 37.8 Å². The highest BCUT2D eigenvalue weighted by Crippen LogP contribution is 2.31. The number of nitrogens with two attached hydrogens (primary N) is 1. The van der Waals surface area contributed by atoms with Crippen molar-refractivity contribution in [1.29, 1.82) is 0 Å². The number of anilines is 2. The van der Waals surface area contributed by atoms with Gasteiger partial charge in [-0.1, -0.05) is 0 Å². The smallest absolute Gasteiger partial charge is 0.149 e. The second kappa shape index (κ2) is 5.93. The van der Waals surface area contributed by atoms with E-state index in [2.05, 4.69) is 19.8 Å². The maximum Gasteiger partial charge on any atom is 0.149 e. The molecular formula is C14H23N5O. The summed E-state index contributed by atoms with van der Waals surface area (Å²) in [7, 11) is 0. The lowest BCUT2D eigenvalue weighted by Crippen LogP contribution is -2.54. The Bertz CT molecular complexity index is 451. The van der Waals surface area contributed by atoms with E-state index in [1.165, 1.54) is 19.4 Å². The first kappa shape index (κ1) is 13.6. The zero-order chi connectivity index (χ0) is 13.9. The number of piperazine rings is 1. The molecule has 1 aromatic rings. The van der Waals surface area contributed by atoms with Crippen molar-refractivity contribution < 1.29 is 5.11 Å². The molecule has 0 spiro atoms. The van der Waals surface area contributed by atoms with Crippen molar-refractivity contribution in [3.8, 4) is 0 Å². The molecule has 20 heavy (non-hydrogen) atoms. The average molecular weight is 277 g/mol. The van der Waals surface area contributed by atoms with Gasteiger partial charge in [-0.15, -0.1) is 0 Å². The van der Waals surface area contributed by atoms with Crippen LogP contribution in [-0.2, 0) is 0 Å². The lowest BCUT2D eigenvalue weighted by molar-refractivity contribution is 0.137. The third-order valence-electron chi connectivity index (χ3n) is 4.22. The molecule has 0 bridgehead atoms. The van der Waals surface area contributed by atoms with Gasteiger partial charge in [-0.05, 0) is 25.2 Å². The summed E-state index contributed by atoms with van der Waals surface area (Å²) in [5.74, 6) is 2.19. The minimum Gasteiger partial charge on any atom is -0.396 e. The number of nitrogens with zero attached hydrogens (tertiary/aromatic N) is 4. The molecule has 3 rings (SSSR count). The summed E-state index contributed by atoms with van der Waals surface area (Å²) in [6.07, 6.45) is 6.89. The van der Waals surface area contributed by atoms with Crippen LogP contribution in [-0.4, -0.2) is 58.8 Å². The second-order valence-electron chi connectivity index (χ2n) is 5.85. The van der Waals surface area contributed by atoms with Gasteiger partial charge in [0.15, 0.2) is 0 Å². The molecule has 0 radical (unpaired) electrons. The molecule has 1 aliphatic carbocycles. The molecule has 1 atom stereocenters. The zero-order valence-electron chi connectivity index (χ0n) is 11.8. The summed E-state index contributed by atoms with van der Waals surface area (Å²) in [5, 5.41) is 9.29. The van der Waals surface area contributed by atoms with Gasteiger partial charge in [0, 0.05) is 38.8 Å². The summed E-state index contributed by atoms with van der Waals surface area (Å²) in [6.45, 7) is 4.29. The van der Waals surface area contributed by atoms with E-state index in [4.69, 9.17) is 5.73 Å². The van der Waals surface area contributed by atoms with Crippen LogP contribution in [0.25, 0.3) is 0 Å². The highest BCUT2D eigenvalue weighted by molar-refractivity contribution is 5.42. The summed E-state index contributed by atoms with van der Waals surface area (Å²) in [6, 6.07) is 0.401. The fourth-order valence-electron chi connectivity index (χ4n) is 2.92. The maximum atomic E-state index is 9.29. The third kappa shape index (κ3) is 3.19. The maximum absolute atomic E-state index is 9.29. The highest BCUT2D eigenvalue weighted by Gasteiger charge is 2.32. The van der Waals surface area contributed by atoms with Crippen LogP contribution in [0.15, 0.2) is 12.4 Å². The molecule has 1 unspecified atom stereocenters. The Labute approximate surface area is 119 Å². The second-order valence-corrected chi connectivity index (χ2v) is 5.85. The van der Waals surface area contributed by atoms with Gasteiger partial charge in [0.05, 0.1) is 12.4 Å². The first-order chi connectivity index (χ1) is 9.76. The van der Waals surface area contributed by atoms with Crippen LogP contribution in [0, 0.1) is 5.92 Å². The molecule has 2 fully saturated rings. The first-order valence-electron chi connectivity index (χ1n) is 7.43. The molecule has 1 aliphatic heterocycles. The Balaban J connectivity index is 1.66. The molecule has 2 heterocycles. The summed E-state index contributed by atoms with van der Waals surface area (Å²) in [4.78, 5) is 13.2. The van der Waals surface area contributed by atoms with Crippen molar-refractivity contribution in [1.82, 2.24) is 14.9 Å². The van der Waals surface area contributed by atoms with Crippen molar-refractivity contribution in [3.63, 3.8) is 0 Å². The predicted molar refractivity (Wildman–Crippen MR) is 78.4 cm³/mol. The summed E-state index contributed by atoms with van der Waals surface area (Å²) in [5.41, 5.74) is 5.71. The summed E-state index contributed by atoms with van der Waals surface area (Å²) < 4.78 is 0. The standard InChI is InChI=1S/C14H23N5O/c15-13-7-16-8-14(17-13)19-5-4-18(9-11-1-2-11)12(10-19)3-6-20/h7-8,11-12,20H,1-6,9-10H2,(H2,15,17). The normalized spacial score (nSPS) is 24.1. The molecule has 3 N–H and O–H groups in total. The van der Waals surface area contributed by atoms with E-state index in [-0.39, 0.29) is 6.61 Å². The van der Waals surface area contributed by atoms with E-state index < -0.39 is 0 Å². The van der Waals surface area contributed by atoms with E-state index in [9.17, 15) is 5.11 Å². The predicted octanol–water partition coefficient (Wildman–Crippen LogP) is 0.342. The Hall–Kier alpha value is -1.40. The van der Waals surface area contributed by atoms with E-state index >= 15 is 0 Å². The Morgan fingerprint density at radius 2 is 2.15 bits per heavy atom. The fraction of sp³-hybridized carbons (Fsp3) is 0.714. The average Bonchev–Trinajstić information content (AvgIpc) is 3.25. The van der Waals surface area contributed by atoms with Crippen LogP contribution in [0.4, 0.5) is 11.6 Å². The molecule has 6 nitrogen and oxygen atoms in total. The molecule has 0 aromatic carbocycles. The van der Waals surface area contributed by atoms with Crippen molar-refractivity contribution in [3.05, 3.63) is 12.4 Å². The Morgan fingerprint density at radius 1 is 1.30 bits per heavy atom. The quantitative estimate of drug-likeness (QED) is 0.808. The molecule has 1 saturated carbocycles. The van der Waals surface area contributed by atoms with Gasteiger partial charge < -0.3 is 15.7 Å². The summed E-state index contributed by atoms with van der Waals surface area (Å²) >= 11 is 0. The number of aliphatic hydroxyl groups excluding tert-OH is 1. The number of nitrogen functional groups attached to an aromatic ring is 1. The van der Waals surface area contributed by atoms with Gasteiger partial charge in [-0.3, -0.25) is 9.88 Å². The van der Waals surface area contributed by atoms with Gasteiger partial charge in [0.1, 0.15) is 11.6 Å².